The molecular weight excluding hydrogens is 174 g/mol. The van der Waals surface area contributed by atoms with Crippen LogP contribution in [0.2, 0.25) is 0 Å². The molecule has 3 unspecified atom stereocenters. The molecule has 0 aromatic heterocycles. The molecule has 80 valence electrons. The summed E-state index contributed by atoms with van der Waals surface area (Å²) in [4.78, 5) is 6.76. The standard InChI is InChI=1S/C11H21N3/c1-8-7-10(9(8)2)13-11-12-5-4-6-14(11)3/h8-10H,4-7H2,1-3H3,(H,12,13). The van der Waals surface area contributed by atoms with Crippen molar-refractivity contribution < 1.29 is 0 Å². The fraction of sp³-hybridized carbons (Fsp3) is 0.909. The van der Waals surface area contributed by atoms with Gasteiger partial charge in [0.1, 0.15) is 0 Å². The molecule has 3 atom stereocenters. The molecule has 1 heterocycles. The number of aliphatic imine (C=N–C) groups is 1. The molecule has 2 aliphatic rings. The maximum atomic E-state index is 4.52. The molecule has 1 aliphatic heterocycles. The lowest BCUT2D eigenvalue weighted by Gasteiger charge is -2.43. The first-order valence-electron chi connectivity index (χ1n) is 5.70. The minimum absolute atomic E-state index is 0.657. The summed E-state index contributed by atoms with van der Waals surface area (Å²) in [6.07, 6.45) is 2.49. The Hall–Kier alpha value is -0.730. The Balaban J connectivity index is 1.88. The van der Waals surface area contributed by atoms with Crippen molar-refractivity contribution in [2.24, 2.45) is 16.8 Å². The minimum atomic E-state index is 0.657. The molecule has 0 radical (unpaired) electrons. The first-order valence-corrected chi connectivity index (χ1v) is 5.70. The van der Waals surface area contributed by atoms with E-state index in [1.54, 1.807) is 0 Å². The van der Waals surface area contributed by atoms with Gasteiger partial charge in [-0.1, -0.05) is 13.8 Å². The number of hydrogen-bond donors (Lipinski definition) is 1. The Morgan fingerprint density at radius 1 is 1.43 bits per heavy atom. The van der Waals surface area contributed by atoms with Crippen LogP contribution >= 0.6 is 0 Å². The van der Waals surface area contributed by atoms with E-state index in [9.17, 15) is 0 Å². The van der Waals surface area contributed by atoms with Crippen molar-refractivity contribution in [3.05, 3.63) is 0 Å². The number of nitrogens with one attached hydrogen (secondary N) is 1. The molecule has 3 nitrogen and oxygen atoms in total. The van der Waals surface area contributed by atoms with E-state index in [1.807, 2.05) is 0 Å². The van der Waals surface area contributed by atoms with E-state index in [0.29, 0.717) is 6.04 Å². The van der Waals surface area contributed by atoms with Crippen molar-refractivity contribution in [2.45, 2.75) is 32.7 Å². The molecule has 0 amide bonds. The third-order valence-corrected chi connectivity index (χ3v) is 3.75. The molecule has 0 aromatic carbocycles. The maximum absolute atomic E-state index is 4.52. The van der Waals surface area contributed by atoms with Crippen molar-refractivity contribution in [2.75, 3.05) is 20.1 Å². The SMILES string of the molecule is CC1CC(NC2=NCCCN2C)C1C. The zero-order chi connectivity index (χ0) is 10.1. The number of guanidine groups is 1. The maximum Gasteiger partial charge on any atom is 0.193 e. The van der Waals surface area contributed by atoms with E-state index in [-0.39, 0.29) is 0 Å². The zero-order valence-electron chi connectivity index (χ0n) is 9.45. The first-order chi connectivity index (χ1) is 6.68. The van der Waals surface area contributed by atoms with Gasteiger partial charge < -0.3 is 10.2 Å². The monoisotopic (exact) mass is 195 g/mol. The van der Waals surface area contributed by atoms with Crippen molar-refractivity contribution in [3.8, 4) is 0 Å². The van der Waals surface area contributed by atoms with Crippen LogP contribution in [0.1, 0.15) is 26.7 Å². The van der Waals surface area contributed by atoms with Gasteiger partial charge in [0.05, 0.1) is 0 Å². The Morgan fingerprint density at radius 3 is 2.79 bits per heavy atom. The normalized spacial score (nSPS) is 37.5. The van der Waals surface area contributed by atoms with Gasteiger partial charge in [0.25, 0.3) is 0 Å². The van der Waals surface area contributed by atoms with Crippen LogP contribution in [-0.4, -0.2) is 37.0 Å². The fourth-order valence-electron chi connectivity index (χ4n) is 2.26. The Labute approximate surface area is 86.6 Å². The summed E-state index contributed by atoms with van der Waals surface area (Å²) >= 11 is 0. The van der Waals surface area contributed by atoms with Gasteiger partial charge in [-0.3, -0.25) is 4.99 Å². The number of hydrogen-bond acceptors (Lipinski definition) is 3. The predicted molar refractivity (Wildman–Crippen MR) is 59.4 cm³/mol. The molecule has 0 aromatic rings. The van der Waals surface area contributed by atoms with Crippen molar-refractivity contribution in [1.29, 1.82) is 0 Å². The molecule has 1 saturated carbocycles. The number of nitrogens with zero attached hydrogens (tertiary/aromatic N) is 2. The van der Waals surface area contributed by atoms with Gasteiger partial charge in [-0.25, -0.2) is 0 Å². The van der Waals surface area contributed by atoms with Gasteiger partial charge >= 0.3 is 0 Å². The summed E-state index contributed by atoms with van der Waals surface area (Å²) in [5.41, 5.74) is 0. The summed E-state index contributed by atoms with van der Waals surface area (Å²) < 4.78 is 0. The number of rotatable bonds is 1. The van der Waals surface area contributed by atoms with E-state index in [2.05, 4.69) is 36.1 Å². The third kappa shape index (κ3) is 1.72. The van der Waals surface area contributed by atoms with Crippen LogP contribution in [0.4, 0.5) is 0 Å². The fourth-order valence-corrected chi connectivity index (χ4v) is 2.26. The van der Waals surface area contributed by atoms with Gasteiger partial charge in [-0.15, -0.1) is 0 Å². The average molecular weight is 195 g/mol. The summed E-state index contributed by atoms with van der Waals surface area (Å²) in [6, 6.07) is 0.657. The van der Waals surface area contributed by atoms with Crippen molar-refractivity contribution >= 4 is 5.96 Å². The van der Waals surface area contributed by atoms with Crippen molar-refractivity contribution in [3.63, 3.8) is 0 Å². The van der Waals surface area contributed by atoms with E-state index >= 15 is 0 Å². The largest absolute Gasteiger partial charge is 0.353 e. The Morgan fingerprint density at radius 2 is 2.21 bits per heavy atom. The second-order valence-corrected chi connectivity index (χ2v) is 4.80. The highest BCUT2D eigenvalue weighted by Gasteiger charge is 2.35. The second-order valence-electron chi connectivity index (χ2n) is 4.80. The van der Waals surface area contributed by atoms with Gasteiger partial charge in [-0.2, -0.15) is 0 Å². The molecule has 0 spiro atoms. The van der Waals surface area contributed by atoms with Crippen LogP contribution in [0.15, 0.2) is 4.99 Å². The summed E-state index contributed by atoms with van der Waals surface area (Å²) in [5, 5.41) is 3.56. The van der Waals surface area contributed by atoms with E-state index in [1.165, 1.54) is 12.8 Å². The van der Waals surface area contributed by atoms with Gasteiger partial charge in [0.15, 0.2) is 5.96 Å². The minimum Gasteiger partial charge on any atom is -0.353 e. The van der Waals surface area contributed by atoms with Crippen LogP contribution in [0.3, 0.4) is 0 Å². The summed E-state index contributed by atoms with van der Waals surface area (Å²) in [5.74, 6) is 2.79. The third-order valence-electron chi connectivity index (χ3n) is 3.75. The molecule has 1 N–H and O–H groups in total. The molecule has 14 heavy (non-hydrogen) atoms. The zero-order valence-corrected chi connectivity index (χ0v) is 9.45. The topological polar surface area (TPSA) is 27.6 Å². The highest BCUT2D eigenvalue weighted by atomic mass is 15.3. The summed E-state index contributed by atoms with van der Waals surface area (Å²) in [7, 11) is 2.12. The van der Waals surface area contributed by atoms with Crippen molar-refractivity contribution in [1.82, 2.24) is 10.2 Å². The van der Waals surface area contributed by atoms with Gasteiger partial charge in [0.2, 0.25) is 0 Å². The Kier molecular flexibility index (Phi) is 2.66. The lowest BCUT2D eigenvalue weighted by atomic mass is 9.71. The Bertz CT molecular complexity index is 237. The highest BCUT2D eigenvalue weighted by Crippen LogP contribution is 2.33. The second kappa shape index (κ2) is 3.79. The quantitative estimate of drug-likeness (QED) is 0.683. The van der Waals surface area contributed by atoms with Crippen LogP contribution < -0.4 is 5.32 Å². The van der Waals surface area contributed by atoms with Crippen LogP contribution in [0.25, 0.3) is 0 Å². The molecule has 1 fully saturated rings. The molecule has 1 aliphatic carbocycles. The van der Waals surface area contributed by atoms with Gasteiger partial charge in [-0.05, 0) is 24.7 Å². The molecule has 0 saturated heterocycles. The lowest BCUT2D eigenvalue weighted by Crippen LogP contribution is -2.54. The summed E-state index contributed by atoms with van der Waals surface area (Å²) in [6.45, 7) is 6.79. The average Bonchev–Trinajstić information content (AvgIpc) is 2.20. The highest BCUT2D eigenvalue weighted by molar-refractivity contribution is 5.80. The van der Waals surface area contributed by atoms with Crippen LogP contribution in [0, 0.1) is 11.8 Å². The van der Waals surface area contributed by atoms with E-state index < -0.39 is 0 Å². The molecule has 3 heteroatoms. The molecule has 0 bridgehead atoms. The van der Waals surface area contributed by atoms with E-state index in [4.69, 9.17) is 0 Å². The van der Waals surface area contributed by atoms with Crippen LogP contribution in [-0.2, 0) is 0 Å². The predicted octanol–water partition coefficient (Wildman–Crippen LogP) is 1.31. The van der Waals surface area contributed by atoms with Gasteiger partial charge in [0, 0.05) is 26.2 Å². The molecular formula is C11H21N3. The first kappa shape index (κ1) is 9.81. The smallest absolute Gasteiger partial charge is 0.193 e. The van der Waals surface area contributed by atoms with E-state index in [0.717, 1.165) is 30.9 Å². The lowest BCUT2D eigenvalue weighted by molar-refractivity contribution is 0.151. The van der Waals surface area contributed by atoms with Crippen LogP contribution in [0.5, 0.6) is 0 Å². The molecule has 2 rings (SSSR count).